The summed E-state index contributed by atoms with van der Waals surface area (Å²) in [6, 6.07) is 0. The Morgan fingerprint density at radius 2 is 1.91 bits per heavy atom. The molecule has 1 aromatic rings. The fourth-order valence-corrected chi connectivity index (χ4v) is 3.33. The Balaban J connectivity index is 1.53. The van der Waals surface area contributed by atoms with Crippen LogP contribution in [-0.4, -0.2) is 57.1 Å². The van der Waals surface area contributed by atoms with E-state index in [4.69, 9.17) is 9.84 Å². The van der Waals surface area contributed by atoms with Crippen LogP contribution < -0.4 is 0 Å². The molecule has 124 valence electrons. The monoisotopic (exact) mass is 319 g/mol. The zero-order valence-corrected chi connectivity index (χ0v) is 13.1. The fourth-order valence-electron chi connectivity index (χ4n) is 3.33. The van der Waals surface area contributed by atoms with Crippen molar-refractivity contribution in [2.24, 2.45) is 5.92 Å². The van der Waals surface area contributed by atoms with Crippen LogP contribution in [0.4, 0.5) is 0 Å². The van der Waals surface area contributed by atoms with Crippen molar-refractivity contribution in [2.45, 2.75) is 44.8 Å². The Kier molecular flexibility index (Phi) is 4.56. The Morgan fingerprint density at radius 1 is 1.17 bits per heavy atom. The first-order valence-electron chi connectivity index (χ1n) is 8.01. The van der Waals surface area contributed by atoms with E-state index in [1.807, 2.05) is 6.92 Å². The van der Waals surface area contributed by atoms with Gasteiger partial charge in [0.2, 0.25) is 0 Å². The van der Waals surface area contributed by atoms with Crippen LogP contribution in [0.2, 0.25) is 0 Å². The lowest BCUT2D eigenvalue weighted by Gasteiger charge is -2.34. The number of carboxylic acids is 1. The maximum atomic E-state index is 12.4. The highest BCUT2D eigenvalue weighted by Gasteiger charge is 2.37. The molecule has 7 heteroatoms. The van der Waals surface area contributed by atoms with E-state index in [-0.39, 0.29) is 12.0 Å². The van der Waals surface area contributed by atoms with Gasteiger partial charge in [0.05, 0.1) is 18.0 Å². The molecule has 23 heavy (non-hydrogen) atoms. The van der Waals surface area contributed by atoms with Gasteiger partial charge in [-0.05, 0) is 38.5 Å². The summed E-state index contributed by atoms with van der Waals surface area (Å²) in [6.45, 7) is 3.13. The summed E-state index contributed by atoms with van der Waals surface area (Å²) in [6.07, 6.45) is 5.50. The van der Waals surface area contributed by atoms with E-state index >= 15 is 0 Å². The number of carbonyl (C=O) groups is 2. The molecule has 0 saturated carbocycles. The van der Waals surface area contributed by atoms with E-state index in [0.717, 1.165) is 25.0 Å². The van der Waals surface area contributed by atoms with E-state index in [2.05, 4.69) is 9.97 Å². The number of carboxylic acid groups (broad SMARTS) is 1. The molecule has 3 rings (SSSR count). The number of likely N-dealkylation sites (tertiary alicyclic amines) is 1. The predicted molar refractivity (Wildman–Crippen MR) is 80.9 cm³/mol. The predicted octanol–water partition coefficient (Wildman–Crippen LogP) is 1.27. The van der Waals surface area contributed by atoms with Gasteiger partial charge in [-0.3, -0.25) is 9.78 Å². The maximum absolute atomic E-state index is 12.4. The number of carbonyl (C=O) groups excluding carboxylic acids is 1. The number of aryl methyl sites for hydroxylation is 1. The molecule has 7 nitrogen and oxygen atoms in total. The number of piperidine rings is 1. The molecule has 0 aromatic carbocycles. The molecule has 0 unspecified atom stereocenters. The smallest absolute Gasteiger partial charge is 0.332 e. The molecule has 0 spiro atoms. The number of ether oxygens (including phenoxy) is 1. The van der Waals surface area contributed by atoms with Crippen molar-refractivity contribution in [3.8, 4) is 0 Å². The summed E-state index contributed by atoms with van der Waals surface area (Å²) < 4.78 is 5.63. The van der Waals surface area contributed by atoms with Crippen molar-refractivity contribution in [3.05, 3.63) is 23.8 Å². The van der Waals surface area contributed by atoms with Crippen LogP contribution in [0.3, 0.4) is 0 Å². The average molecular weight is 319 g/mol. The molecule has 1 N–H and O–H groups in total. The first kappa shape index (κ1) is 15.9. The standard InChI is InChI=1S/C16H21N3O4/c1-10-8-18-12(9-17-10)15(20)19-6-4-11(5-7-19)13-2-3-14(23-13)16(21)22/h8-9,11,13-14H,2-7H2,1H3,(H,21,22)/t13-,14+/m0/s1. The van der Waals surface area contributed by atoms with Gasteiger partial charge in [0.1, 0.15) is 5.69 Å². The van der Waals surface area contributed by atoms with Crippen molar-refractivity contribution in [1.82, 2.24) is 14.9 Å². The quantitative estimate of drug-likeness (QED) is 0.902. The Bertz CT molecular complexity index is 581. The molecule has 1 amide bonds. The second kappa shape index (κ2) is 6.62. The Hall–Kier alpha value is -2.02. The van der Waals surface area contributed by atoms with Crippen molar-refractivity contribution >= 4 is 11.9 Å². The van der Waals surface area contributed by atoms with Crippen molar-refractivity contribution in [2.75, 3.05) is 13.1 Å². The third kappa shape index (κ3) is 3.50. The Labute approximate surface area is 134 Å². The highest BCUT2D eigenvalue weighted by atomic mass is 16.5. The maximum Gasteiger partial charge on any atom is 0.332 e. The number of hydrogen-bond acceptors (Lipinski definition) is 5. The first-order valence-corrected chi connectivity index (χ1v) is 8.01. The van der Waals surface area contributed by atoms with E-state index < -0.39 is 12.1 Å². The van der Waals surface area contributed by atoms with Crippen LogP contribution in [0.5, 0.6) is 0 Å². The van der Waals surface area contributed by atoms with E-state index in [9.17, 15) is 9.59 Å². The normalized spacial score (nSPS) is 25.5. The van der Waals surface area contributed by atoms with Crippen molar-refractivity contribution in [3.63, 3.8) is 0 Å². The molecular weight excluding hydrogens is 298 g/mol. The van der Waals surface area contributed by atoms with Gasteiger partial charge >= 0.3 is 5.97 Å². The first-order chi connectivity index (χ1) is 11.0. The number of aromatic nitrogens is 2. The average Bonchev–Trinajstić information content (AvgIpc) is 3.05. The van der Waals surface area contributed by atoms with Crippen LogP contribution >= 0.6 is 0 Å². The van der Waals surface area contributed by atoms with Crippen molar-refractivity contribution < 1.29 is 19.4 Å². The van der Waals surface area contributed by atoms with Gasteiger partial charge in [0.15, 0.2) is 6.10 Å². The SMILES string of the molecule is Cc1cnc(C(=O)N2CCC([C@@H]3CC[C@H](C(=O)O)O3)CC2)cn1. The van der Waals surface area contributed by atoms with Gasteiger partial charge in [-0.15, -0.1) is 0 Å². The third-order valence-corrected chi connectivity index (χ3v) is 4.68. The second-order valence-electron chi connectivity index (χ2n) is 6.25. The number of aliphatic carboxylic acids is 1. The Morgan fingerprint density at radius 3 is 2.48 bits per heavy atom. The van der Waals surface area contributed by atoms with Gasteiger partial charge in [0, 0.05) is 19.3 Å². The van der Waals surface area contributed by atoms with Crippen LogP contribution in [0.25, 0.3) is 0 Å². The molecule has 0 radical (unpaired) electrons. The summed E-state index contributed by atoms with van der Waals surface area (Å²) in [5, 5.41) is 9.00. The molecule has 2 saturated heterocycles. The minimum atomic E-state index is -0.877. The highest BCUT2D eigenvalue weighted by molar-refractivity contribution is 5.92. The lowest BCUT2D eigenvalue weighted by Crippen LogP contribution is -2.41. The molecule has 3 heterocycles. The van der Waals surface area contributed by atoms with Gasteiger partial charge in [-0.25, -0.2) is 9.78 Å². The molecule has 2 fully saturated rings. The number of nitrogens with zero attached hydrogens (tertiary/aromatic N) is 3. The molecule has 0 aliphatic carbocycles. The van der Waals surface area contributed by atoms with E-state index in [0.29, 0.717) is 31.1 Å². The summed E-state index contributed by atoms with van der Waals surface area (Å²) in [5.74, 6) is -0.641. The van der Waals surface area contributed by atoms with Crippen LogP contribution in [0, 0.1) is 12.8 Å². The van der Waals surface area contributed by atoms with Gasteiger partial charge in [-0.2, -0.15) is 0 Å². The highest BCUT2D eigenvalue weighted by Crippen LogP contribution is 2.32. The van der Waals surface area contributed by atoms with Crippen LogP contribution in [0.1, 0.15) is 41.9 Å². The molecule has 1 aromatic heterocycles. The molecule has 2 aliphatic rings. The lowest BCUT2D eigenvalue weighted by atomic mass is 9.89. The molecule has 2 atom stereocenters. The van der Waals surface area contributed by atoms with Gasteiger partial charge < -0.3 is 14.7 Å². The molecule has 2 aliphatic heterocycles. The molecular formula is C16H21N3O4. The number of amides is 1. The zero-order valence-electron chi connectivity index (χ0n) is 13.1. The minimum absolute atomic E-state index is 0.00696. The van der Waals surface area contributed by atoms with E-state index in [1.165, 1.54) is 6.20 Å². The topological polar surface area (TPSA) is 92.6 Å². The van der Waals surface area contributed by atoms with Crippen LogP contribution in [-0.2, 0) is 9.53 Å². The summed E-state index contributed by atoms with van der Waals surface area (Å²) in [4.78, 5) is 33.4. The second-order valence-corrected chi connectivity index (χ2v) is 6.25. The fraction of sp³-hybridized carbons (Fsp3) is 0.625. The summed E-state index contributed by atoms with van der Waals surface area (Å²) in [5.41, 5.74) is 1.16. The van der Waals surface area contributed by atoms with Gasteiger partial charge in [-0.1, -0.05) is 0 Å². The largest absolute Gasteiger partial charge is 0.479 e. The van der Waals surface area contributed by atoms with E-state index in [1.54, 1.807) is 11.1 Å². The molecule has 0 bridgehead atoms. The number of hydrogen-bond donors (Lipinski definition) is 1. The number of rotatable bonds is 3. The van der Waals surface area contributed by atoms with Crippen LogP contribution in [0.15, 0.2) is 12.4 Å². The van der Waals surface area contributed by atoms with Gasteiger partial charge in [0.25, 0.3) is 5.91 Å². The van der Waals surface area contributed by atoms with Crippen molar-refractivity contribution in [1.29, 1.82) is 0 Å². The summed E-state index contributed by atoms with van der Waals surface area (Å²) >= 11 is 0. The zero-order chi connectivity index (χ0) is 16.4. The third-order valence-electron chi connectivity index (χ3n) is 4.68. The minimum Gasteiger partial charge on any atom is -0.479 e. The lowest BCUT2D eigenvalue weighted by molar-refractivity contribution is -0.150. The summed E-state index contributed by atoms with van der Waals surface area (Å²) in [7, 11) is 0.